The molecule has 6 heteroatoms. The summed E-state index contributed by atoms with van der Waals surface area (Å²) >= 11 is 0. The van der Waals surface area contributed by atoms with E-state index in [1.165, 1.54) is 63.9 Å². The molecule has 1 unspecified atom stereocenters. The minimum absolute atomic E-state index is 0.0617. The lowest BCUT2D eigenvalue weighted by molar-refractivity contribution is -0.875. The normalized spacial score (nSPS) is 14.1. The van der Waals surface area contributed by atoms with Gasteiger partial charge in [0.1, 0.15) is 6.54 Å². The highest BCUT2D eigenvalue weighted by atomic mass is 16.4. The maximum Gasteiger partial charge on any atom is 0.307 e. The summed E-state index contributed by atoms with van der Waals surface area (Å²) < 4.78 is 0.313. The van der Waals surface area contributed by atoms with Gasteiger partial charge in [-0.25, -0.2) is 0 Å². The van der Waals surface area contributed by atoms with Crippen LogP contribution in [0.2, 0.25) is 0 Å². The third-order valence-electron chi connectivity index (χ3n) is 5.44. The predicted octanol–water partition coefficient (Wildman–Crippen LogP) is 4.48. The van der Waals surface area contributed by atoms with Crippen molar-refractivity contribution in [2.45, 2.75) is 102 Å². The molecule has 0 amide bonds. The van der Waals surface area contributed by atoms with Gasteiger partial charge in [-0.3, -0.25) is 9.59 Å². The Morgan fingerprint density at radius 3 is 1.58 bits per heavy atom. The highest BCUT2D eigenvalue weighted by molar-refractivity contribution is 5.99. The van der Waals surface area contributed by atoms with E-state index in [9.17, 15) is 14.7 Å². The van der Waals surface area contributed by atoms with Crippen LogP contribution in [0, 0.1) is 0 Å². The van der Waals surface area contributed by atoms with Crippen molar-refractivity contribution in [1.29, 1.82) is 0 Å². The Morgan fingerprint density at radius 1 is 0.774 bits per heavy atom. The van der Waals surface area contributed by atoms with E-state index in [0.717, 1.165) is 32.1 Å². The first-order valence-electron chi connectivity index (χ1n) is 12.2. The number of carboxylic acid groups (broad SMARTS) is 1. The molecule has 0 heterocycles. The molecule has 0 aromatic heterocycles. The van der Waals surface area contributed by atoms with Crippen molar-refractivity contribution in [3.8, 4) is 0 Å². The van der Waals surface area contributed by atoms with Gasteiger partial charge in [-0.2, -0.15) is 0 Å². The molecule has 0 spiro atoms. The van der Waals surface area contributed by atoms with E-state index < -0.39 is 23.8 Å². The SMILES string of the molecule is C[N+](C)(C)CC(O)(CC(=O)O)C(=O)/C=C/CCCCCCCCCCCCCCCO. The van der Waals surface area contributed by atoms with E-state index in [0.29, 0.717) is 11.1 Å². The second-order valence-electron chi connectivity index (χ2n) is 9.93. The monoisotopic (exact) mass is 442 g/mol. The fourth-order valence-corrected chi connectivity index (χ4v) is 3.92. The molecular weight excluding hydrogens is 394 g/mol. The summed E-state index contributed by atoms with van der Waals surface area (Å²) in [4.78, 5) is 23.5. The topological polar surface area (TPSA) is 94.8 Å². The molecule has 0 saturated heterocycles. The Labute approximate surface area is 189 Å². The fourth-order valence-electron chi connectivity index (χ4n) is 3.92. The zero-order valence-corrected chi connectivity index (χ0v) is 20.3. The Balaban J connectivity index is 3.83. The molecule has 3 N–H and O–H groups in total. The van der Waals surface area contributed by atoms with Crippen LogP contribution < -0.4 is 0 Å². The maximum absolute atomic E-state index is 12.4. The fraction of sp³-hybridized carbons (Fsp3) is 0.840. The molecule has 182 valence electrons. The van der Waals surface area contributed by atoms with Crippen LogP contribution in [0.3, 0.4) is 0 Å². The molecule has 0 aromatic carbocycles. The lowest BCUT2D eigenvalue weighted by atomic mass is 9.92. The zero-order valence-electron chi connectivity index (χ0n) is 20.3. The van der Waals surface area contributed by atoms with Gasteiger partial charge in [0.15, 0.2) is 11.4 Å². The van der Waals surface area contributed by atoms with Gasteiger partial charge in [0.05, 0.1) is 27.6 Å². The number of likely N-dealkylation sites (N-methyl/N-ethyl adjacent to an activating group) is 1. The number of quaternary nitrogens is 1. The molecule has 1 atom stereocenters. The summed E-state index contributed by atoms with van der Waals surface area (Å²) in [6.45, 7) is 0.383. The van der Waals surface area contributed by atoms with Crippen LogP contribution in [0.4, 0.5) is 0 Å². The number of carbonyl (C=O) groups excluding carboxylic acids is 1. The Morgan fingerprint density at radius 2 is 1.19 bits per heavy atom. The van der Waals surface area contributed by atoms with Crippen LogP contribution in [0.15, 0.2) is 12.2 Å². The molecule has 0 aromatic rings. The summed E-state index contributed by atoms with van der Waals surface area (Å²) in [6, 6.07) is 0. The van der Waals surface area contributed by atoms with Crippen LogP contribution in [-0.4, -0.2) is 71.5 Å². The molecule has 0 aliphatic heterocycles. The van der Waals surface area contributed by atoms with Crippen molar-refractivity contribution in [3.63, 3.8) is 0 Å². The van der Waals surface area contributed by atoms with Gasteiger partial charge < -0.3 is 19.8 Å². The number of unbranched alkanes of at least 4 members (excludes halogenated alkanes) is 13. The van der Waals surface area contributed by atoms with Crippen molar-refractivity contribution in [2.24, 2.45) is 0 Å². The molecule has 0 fully saturated rings. The van der Waals surface area contributed by atoms with Crippen molar-refractivity contribution >= 4 is 11.8 Å². The lowest BCUT2D eigenvalue weighted by Crippen LogP contribution is -2.54. The second kappa shape index (κ2) is 17.3. The number of rotatable bonds is 21. The number of carboxylic acids is 1. The van der Waals surface area contributed by atoms with Crippen molar-refractivity contribution in [1.82, 2.24) is 0 Å². The number of allylic oxidation sites excluding steroid dienone is 1. The van der Waals surface area contributed by atoms with Crippen LogP contribution in [-0.2, 0) is 9.59 Å². The number of ketones is 1. The number of carbonyl (C=O) groups is 2. The summed E-state index contributed by atoms with van der Waals surface area (Å²) in [5, 5.41) is 28.4. The first kappa shape index (κ1) is 29.8. The van der Waals surface area contributed by atoms with E-state index >= 15 is 0 Å². The van der Waals surface area contributed by atoms with Gasteiger partial charge in [0, 0.05) is 6.61 Å². The van der Waals surface area contributed by atoms with Gasteiger partial charge in [-0.1, -0.05) is 76.7 Å². The summed E-state index contributed by atoms with van der Waals surface area (Å²) in [5.41, 5.74) is -1.86. The quantitative estimate of drug-likeness (QED) is 0.138. The van der Waals surface area contributed by atoms with E-state index in [-0.39, 0.29) is 6.54 Å². The average Bonchev–Trinajstić information content (AvgIpc) is 2.65. The predicted molar refractivity (Wildman–Crippen MR) is 126 cm³/mol. The van der Waals surface area contributed by atoms with Crippen molar-refractivity contribution in [3.05, 3.63) is 12.2 Å². The number of hydrogen-bond acceptors (Lipinski definition) is 4. The first-order chi connectivity index (χ1) is 14.6. The van der Waals surface area contributed by atoms with Gasteiger partial charge in [0.2, 0.25) is 0 Å². The molecule has 31 heavy (non-hydrogen) atoms. The van der Waals surface area contributed by atoms with E-state index in [1.807, 2.05) is 21.1 Å². The summed E-state index contributed by atoms with van der Waals surface area (Å²) in [6.07, 6.45) is 19.1. The summed E-state index contributed by atoms with van der Waals surface area (Å²) in [7, 11) is 5.47. The van der Waals surface area contributed by atoms with Gasteiger partial charge >= 0.3 is 5.97 Å². The lowest BCUT2D eigenvalue weighted by Gasteiger charge is -2.33. The highest BCUT2D eigenvalue weighted by Crippen LogP contribution is 2.18. The Kier molecular flexibility index (Phi) is 16.6. The third kappa shape index (κ3) is 18.1. The smallest absolute Gasteiger partial charge is 0.307 e. The number of aliphatic carboxylic acids is 1. The van der Waals surface area contributed by atoms with Crippen molar-refractivity contribution in [2.75, 3.05) is 34.3 Å². The number of aliphatic hydroxyl groups is 2. The van der Waals surface area contributed by atoms with Crippen LogP contribution in [0.1, 0.15) is 96.3 Å². The number of nitrogens with zero attached hydrogens (tertiary/aromatic N) is 1. The molecule has 6 nitrogen and oxygen atoms in total. The van der Waals surface area contributed by atoms with Gasteiger partial charge in [-0.05, 0) is 25.3 Å². The minimum Gasteiger partial charge on any atom is -0.481 e. The maximum atomic E-state index is 12.4. The van der Waals surface area contributed by atoms with Gasteiger partial charge in [-0.15, -0.1) is 0 Å². The second-order valence-corrected chi connectivity index (χ2v) is 9.93. The van der Waals surface area contributed by atoms with Crippen molar-refractivity contribution < 1.29 is 29.4 Å². The standard InChI is InChI=1S/C25H47NO5/c1-26(2,3)22-25(31,21-24(29)30)23(28)19-17-15-13-11-9-7-5-4-6-8-10-12-14-16-18-20-27/h17,19,27,31H,4-16,18,20-22H2,1-3H3/p+1/b19-17+. The molecule has 0 radical (unpaired) electrons. The molecule has 0 aliphatic rings. The first-order valence-corrected chi connectivity index (χ1v) is 12.2. The molecule has 0 bridgehead atoms. The largest absolute Gasteiger partial charge is 0.481 e. The minimum atomic E-state index is -1.86. The molecule has 0 saturated carbocycles. The van der Waals surface area contributed by atoms with E-state index in [1.54, 1.807) is 6.08 Å². The number of hydrogen-bond donors (Lipinski definition) is 3. The molecular formula is C25H48NO5+. The Hall–Kier alpha value is -1.24. The third-order valence-corrected chi connectivity index (χ3v) is 5.44. The van der Waals surface area contributed by atoms with Crippen LogP contribution >= 0.6 is 0 Å². The molecule has 0 rings (SSSR count). The summed E-state index contributed by atoms with van der Waals surface area (Å²) in [5.74, 6) is -1.69. The van der Waals surface area contributed by atoms with E-state index in [2.05, 4.69) is 0 Å². The Bertz CT molecular complexity index is 513. The number of aliphatic hydroxyl groups excluding tert-OH is 1. The van der Waals surface area contributed by atoms with Crippen LogP contribution in [0.25, 0.3) is 0 Å². The average molecular weight is 443 g/mol. The van der Waals surface area contributed by atoms with Gasteiger partial charge in [0.25, 0.3) is 0 Å². The molecule has 0 aliphatic carbocycles. The highest BCUT2D eigenvalue weighted by Gasteiger charge is 2.41. The van der Waals surface area contributed by atoms with E-state index in [4.69, 9.17) is 10.2 Å². The zero-order chi connectivity index (χ0) is 23.6. The van der Waals surface area contributed by atoms with Crippen LogP contribution in [0.5, 0.6) is 0 Å².